The van der Waals surface area contributed by atoms with E-state index in [2.05, 4.69) is 6.07 Å². The minimum atomic E-state index is -0.304. The standard InChI is InChI=1S/C11H14N2O/c1-11(2,3)14-10-5-4-9(13)6-8(10)7-12/h4-6H,13H2,1-3H3. The van der Waals surface area contributed by atoms with E-state index in [1.807, 2.05) is 20.8 Å². The zero-order valence-corrected chi connectivity index (χ0v) is 8.66. The number of hydrogen-bond donors (Lipinski definition) is 1. The van der Waals surface area contributed by atoms with Gasteiger partial charge in [0.15, 0.2) is 0 Å². The van der Waals surface area contributed by atoms with Gasteiger partial charge in [0.1, 0.15) is 17.4 Å². The zero-order chi connectivity index (χ0) is 10.8. The van der Waals surface area contributed by atoms with Gasteiger partial charge in [0.2, 0.25) is 0 Å². The number of nitrogen functional groups attached to an aromatic ring is 1. The third kappa shape index (κ3) is 2.67. The Morgan fingerprint density at radius 1 is 1.36 bits per heavy atom. The van der Waals surface area contributed by atoms with Gasteiger partial charge in [0.25, 0.3) is 0 Å². The highest BCUT2D eigenvalue weighted by atomic mass is 16.5. The van der Waals surface area contributed by atoms with Crippen LogP contribution >= 0.6 is 0 Å². The Balaban J connectivity index is 3.05. The first kappa shape index (κ1) is 10.4. The van der Waals surface area contributed by atoms with Crippen LogP contribution in [0.3, 0.4) is 0 Å². The first-order chi connectivity index (χ1) is 6.42. The second-order valence-corrected chi connectivity index (χ2v) is 4.08. The van der Waals surface area contributed by atoms with Crippen molar-refractivity contribution in [3.05, 3.63) is 23.8 Å². The summed E-state index contributed by atoms with van der Waals surface area (Å²) in [5.74, 6) is 0.578. The van der Waals surface area contributed by atoms with Gasteiger partial charge in [-0.1, -0.05) is 0 Å². The average Bonchev–Trinajstić information content (AvgIpc) is 2.06. The normalized spacial score (nSPS) is 10.7. The molecule has 0 unspecified atom stereocenters. The van der Waals surface area contributed by atoms with E-state index in [0.717, 1.165) is 0 Å². The average molecular weight is 190 g/mol. The summed E-state index contributed by atoms with van der Waals surface area (Å²) >= 11 is 0. The van der Waals surface area contributed by atoms with Gasteiger partial charge in [-0.2, -0.15) is 5.26 Å². The first-order valence-electron chi connectivity index (χ1n) is 4.41. The molecule has 0 radical (unpaired) electrons. The van der Waals surface area contributed by atoms with Crippen molar-refractivity contribution in [2.45, 2.75) is 26.4 Å². The summed E-state index contributed by atoms with van der Waals surface area (Å²) in [6.07, 6.45) is 0. The molecule has 1 aromatic rings. The summed E-state index contributed by atoms with van der Waals surface area (Å²) in [5, 5.41) is 8.85. The molecule has 3 nitrogen and oxygen atoms in total. The van der Waals surface area contributed by atoms with Crippen molar-refractivity contribution in [1.82, 2.24) is 0 Å². The van der Waals surface area contributed by atoms with Crippen LogP contribution in [0.15, 0.2) is 18.2 Å². The Labute approximate surface area is 84.1 Å². The van der Waals surface area contributed by atoms with Gasteiger partial charge in [-0.3, -0.25) is 0 Å². The Morgan fingerprint density at radius 2 is 2.00 bits per heavy atom. The number of benzene rings is 1. The van der Waals surface area contributed by atoms with Crippen molar-refractivity contribution < 1.29 is 4.74 Å². The van der Waals surface area contributed by atoms with Crippen LogP contribution in [-0.4, -0.2) is 5.60 Å². The summed E-state index contributed by atoms with van der Waals surface area (Å²) in [6, 6.07) is 7.11. The SMILES string of the molecule is CC(C)(C)Oc1ccc(N)cc1C#N. The summed E-state index contributed by atoms with van der Waals surface area (Å²) in [5.41, 5.74) is 6.30. The third-order valence-corrected chi connectivity index (χ3v) is 1.54. The van der Waals surface area contributed by atoms with Gasteiger partial charge < -0.3 is 10.5 Å². The quantitative estimate of drug-likeness (QED) is 0.691. The number of nitrogens with zero attached hydrogens (tertiary/aromatic N) is 1. The van der Waals surface area contributed by atoms with Crippen LogP contribution in [0, 0.1) is 11.3 Å². The first-order valence-corrected chi connectivity index (χ1v) is 4.41. The molecular weight excluding hydrogens is 176 g/mol. The molecule has 74 valence electrons. The summed E-state index contributed by atoms with van der Waals surface area (Å²) in [7, 11) is 0. The molecule has 1 aromatic carbocycles. The monoisotopic (exact) mass is 190 g/mol. The Bertz CT molecular complexity index is 372. The van der Waals surface area contributed by atoms with E-state index >= 15 is 0 Å². The van der Waals surface area contributed by atoms with Crippen LogP contribution in [0.4, 0.5) is 5.69 Å². The van der Waals surface area contributed by atoms with E-state index in [0.29, 0.717) is 17.0 Å². The highest BCUT2D eigenvalue weighted by Crippen LogP contribution is 2.24. The molecule has 0 amide bonds. The molecule has 2 N–H and O–H groups in total. The van der Waals surface area contributed by atoms with Crippen molar-refractivity contribution in [3.8, 4) is 11.8 Å². The molecule has 14 heavy (non-hydrogen) atoms. The number of anilines is 1. The third-order valence-electron chi connectivity index (χ3n) is 1.54. The molecule has 0 saturated carbocycles. The van der Waals surface area contributed by atoms with Crippen LogP contribution in [0.2, 0.25) is 0 Å². The van der Waals surface area contributed by atoms with Crippen molar-refractivity contribution in [3.63, 3.8) is 0 Å². The Hall–Kier alpha value is -1.69. The van der Waals surface area contributed by atoms with E-state index in [1.165, 1.54) is 0 Å². The van der Waals surface area contributed by atoms with E-state index in [4.69, 9.17) is 15.7 Å². The van der Waals surface area contributed by atoms with E-state index in [-0.39, 0.29) is 5.60 Å². The van der Waals surface area contributed by atoms with Crippen LogP contribution in [-0.2, 0) is 0 Å². The Kier molecular flexibility index (Phi) is 2.66. The van der Waals surface area contributed by atoms with Crippen molar-refractivity contribution in [2.75, 3.05) is 5.73 Å². The molecule has 0 heterocycles. The second-order valence-electron chi connectivity index (χ2n) is 4.08. The predicted octanol–water partition coefficient (Wildman–Crippen LogP) is 2.32. The lowest BCUT2D eigenvalue weighted by Crippen LogP contribution is -2.23. The van der Waals surface area contributed by atoms with Crippen molar-refractivity contribution in [1.29, 1.82) is 5.26 Å². The molecule has 0 fully saturated rings. The number of rotatable bonds is 1. The maximum absolute atomic E-state index is 8.85. The summed E-state index contributed by atoms with van der Waals surface area (Å²) < 4.78 is 5.60. The van der Waals surface area contributed by atoms with Crippen molar-refractivity contribution in [2.24, 2.45) is 0 Å². The lowest BCUT2D eigenvalue weighted by molar-refractivity contribution is 0.130. The molecule has 0 atom stereocenters. The predicted molar refractivity (Wildman–Crippen MR) is 56.0 cm³/mol. The zero-order valence-electron chi connectivity index (χ0n) is 8.66. The maximum Gasteiger partial charge on any atom is 0.138 e. The van der Waals surface area contributed by atoms with Gasteiger partial charge >= 0.3 is 0 Å². The fourth-order valence-corrected chi connectivity index (χ4v) is 1.05. The topological polar surface area (TPSA) is 59.0 Å². The molecule has 0 aliphatic rings. The van der Waals surface area contributed by atoms with E-state index in [1.54, 1.807) is 18.2 Å². The lowest BCUT2D eigenvalue weighted by atomic mass is 10.1. The number of nitriles is 1. The van der Waals surface area contributed by atoms with Crippen LogP contribution < -0.4 is 10.5 Å². The van der Waals surface area contributed by atoms with E-state index in [9.17, 15) is 0 Å². The fourth-order valence-electron chi connectivity index (χ4n) is 1.05. The van der Waals surface area contributed by atoms with Gasteiger partial charge in [-0.15, -0.1) is 0 Å². The van der Waals surface area contributed by atoms with Crippen molar-refractivity contribution >= 4 is 5.69 Å². The molecular formula is C11H14N2O. The minimum absolute atomic E-state index is 0.304. The molecule has 0 bridgehead atoms. The van der Waals surface area contributed by atoms with Gasteiger partial charge in [-0.05, 0) is 39.0 Å². The summed E-state index contributed by atoms with van der Waals surface area (Å²) in [4.78, 5) is 0. The highest BCUT2D eigenvalue weighted by molar-refractivity contribution is 5.53. The fraction of sp³-hybridized carbons (Fsp3) is 0.364. The lowest BCUT2D eigenvalue weighted by Gasteiger charge is -2.21. The molecule has 3 heteroatoms. The van der Waals surface area contributed by atoms with Crippen LogP contribution in [0.1, 0.15) is 26.3 Å². The van der Waals surface area contributed by atoms with Gasteiger partial charge in [0.05, 0.1) is 5.56 Å². The number of hydrogen-bond acceptors (Lipinski definition) is 3. The van der Waals surface area contributed by atoms with E-state index < -0.39 is 0 Å². The molecule has 1 rings (SSSR count). The number of nitrogens with two attached hydrogens (primary N) is 1. The molecule has 0 aliphatic heterocycles. The molecule has 0 aliphatic carbocycles. The second kappa shape index (κ2) is 3.59. The molecule has 0 saturated heterocycles. The Morgan fingerprint density at radius 3 is 2.50 bits per heavy atom. The largest absolute Gasteiger partial charge is 0.487 e. The highest BCUT2D eigenvalue weighted by Gasteiger charge is 2.14. The van der Waals surface area contributed by atoms with Gasteiger partial charge in [0, 0.05) is 5.69 Å². The van der Waals surface area contributed by atoms with Gasteiger partial charge in [-0.25, -0.2) is 0 Å². The minimum Gasteiger partial charge on any atom is -0.487 e. The van der Waals surface area contributed by atoms with Crippen LogP contribution in [0.25, 0.3) is 0 Å². The molecule has 0 aromatic heterocycles. The summed E-state index contributed by atoms with van der Waals surface area (Å²) in [6.45, 7) is 5.81. The smallest absolute Gasteiger partial charge is 0.138 e. The molecule has 0 spiro atoms. The maximum atomic E-state index is 8.85. The number of ether oxygens (including phenoxy) is 1. The van der Waals surface area contributed by atoms with Crippen LogP contribution in [0.5, 0.6) is 5.75 Å².